The first kappa shape index (κ1) is 14.0. The highest BCUT2D eigenvalue weighted by atomic mass is 79.9. The molecule has 0 heterocycles. The Morgan fingerprint density at radius 3 is 2.59 bits per heavy atom. The van der Waals surface area contributed by atoms with Crippen LogP contribution >= 0.6 is 15.9 Å². The molecule has 6 heteroatoms. The first-order chi connectivity index (χ1) is 7.92. The van der Waals surface area contributed by atoms with Crippen LogP contribution in [0.25, 0.3) is 6.08 Å². The second-order valence-corrected chi connectivity index (χ2v) is 3.90. The molecule has 1 aromatic rings. The minimum atomic E-state index is -4.77. The standard InChI is InChI=1S/C11H9BrF4O/c12-6-2-1-3-8-7-9(4-5-10(8)13)17-11(14,15)16/h1,3-5,7H,2,6H2. The van der Waals surface area contributed by atoms with Gasteiger partial charge in [0.2, 0.25) is 0 Å². The van der Waals surface area contributed by atoms with E-state index >= 15 is 0 Å². The van der Waals surface area contributed by atoms with Crippen LogP contribution in [0.2, 0.25) is 0 Å². The van der Waals surface area contributed by atoms with Gasteiger partial charge >= 0.3 is 6.36 Å². The Kier molecular flexibility index (Phi) is 4.99. The van der Waals surface area contributed by atoms with E-state index in [9.17, 15) is 17.6 Å². The lowest BCUT2D eigenvalue weighted by molar-refractivity contribution is -0.274. The third kappa shape index (κ3) is 5.21. The van der Waals surface area contributed by atoms with E-state index in [2.05, 4.69) is 20.7 Å². The second kappa shape index (κ2) is 6.05. The molecule has 1 rings (SSSR count). The van der Waals surface area contributed by atoms with Crippen LogP contribution in [-0.4, -0.2) is 11.7 Å². The summed E-state index contributed by atoms with van der Waals surface area (Å²) in [4.78, 5) is 0. The van der Waals surface area contributed by atoms with Crippen molar-refractivity contribution < 1.29 is 22.3 Å². The largest absolute Gasteiger partial charge is 0.573 e. The predicted octanol–water partition coefficient (Wildman–Crippen LogP) is 4.52. The smallest absolute Gasteiger partial charge is 0.406 e. The van der Waals surface area contributed by atoms with Crippen LogP contribution in [0.4, 0.5) is 17.6 Å². The van der Waals surface area contributed by atoms with Gasteiger partial charge in [0.1, 0.15) is 11.6 Å². The zero-order valence-electron chi connectivity index (χ0n) is 8.60. The highest BCUT2D eigenvalue weighted by molar-refractivity contribution is 9.09. The first-order valence-corrected chi connectivity index (χ1v) is 5.82. The fraction of sp³-hybridized carbons (Fsp3) is 0.273. The van der Waals surface area contributed by atoms with Crippen LogP contribution < -0.4 is 4.74 Å². The number of allylic oxidation sites excluding steroid dienone is 1. The van der Waals surface area contributed by atoms with E-state index in [1.165, 1.54) is 6.08 Å². The van der Waals surface area contributed by atoms with Gasteiger partial charge in [0.25, 0.3) is 0 Å². The monoisotopic (exact) mass is 312 g/mol. The number of benzene rings is 1. The number of halogens is 5. The lowest BCUT2D eigenvalue weighted by Gasteiger charge is -2.09. The summed E-state index contributed by atoms with van der Waals surface area (Å²) in [5, 5.41) is 0.698. The molecule has 0 saturated carbocycles. The normalized spacial score (nSPS) is 12.1. The van der Waals surface area contributed by atoms with E-state index < -0.39 is 17.9 Å². The maximum absolute atomic E-state index is 13.2. The number of alkyl halides is 4. The van der Waals surface area contributed by atoms with Crippen LogP contribution in [0.5, 0.6) is 5.75 Å². The van der Waals surface area contributed by atoms with Crippen molar-refractivity contribution in [2.75, 3.05) is 5.33 Å². The molecule has 1 aromatic carbocycles. The summed E-state index contributed by atoms with van der Waals surface area (Å²) >= 11 is 3.18. The Morgan fingerprint density at radius 1 is 1.29 bits per heavy atom. The fourth-order valence-electron chi connectivity index (χ4n) is 1.12. The van der Waals surface area contributed by atoms with Gasteiger partial charge in [-0.3, -0.25) is 0 Å². The molecule has 0 unspecified atom stereocenters. The lowest BCUT2D eigenvalue weighted by atomic mass is 10.2. The van der Waals surface area contributed by atoms with E-state index in [0.29, 0.717) is 11.8 Å². The summed E-state index contributed by atoms with van der Waals surface area (Å²) < 4.78 is 52.7. The van der Waals surface area contributed by atoms with Crippen LogP contribution in [-0.2, 0) is 0 Å². The van der Waals surface area contributed by atoms with E-state index in [4.69, 9.17) is 0 Å². The molecule has 0 bridgehead atoms. The molecule has 0 aromatic heterocycles. The van der Waals surface area contributed by atoms with Crippen LogP contribution in [0, 0.1) is 5.82 Å². The van der Waals surface area contributed by atoms with E-state index in [1.807, 2.05) is 0 Å². The Morgan fingerprint density at radius 2 is 2.00 bits per heavy atom. The van der Waals surface area contributed by atoms with Gasteiger partial charge in [-0.15, -0.1) is 13.2 Å². The molecule has 0 aliphatic heterocycles. The molecule has 0 N–H and O–H groups in total. The molecule has 0 amide bonds. The van der Waals surface area contributed by atoms with Gasteiger partial charge in [0.15, 0.2) is 0 Å². The zero-order chi connectivity index (χ0) is 12.9. The fourth-order valence-corrected chi connectivity index (χ4v) is 1.38. The maximum Gasteiger partial charge on any atom is 0.573 e. The summed E-state index contributed by atoms with van der Waals surface area (Å²) in [6, 6.07) is 2.88. The highest BCUT2D eigenvalue weighted by Crippen LogP contribution is 2.25. The second-order valence-electron chi connectivity index (χ2n) is 3.11. The Labute approximate surface area is 104 Å². The predicted molar refractivity (Wildman–Crippen MR) is 60.5 cm³/mol. The van der Waals surface area contributed by atoms with Gasteiger partial charge in [-0.2, -0.15) is 0 Å². The van der Waals surface area contributed by atoms with E-state index in [0.717, 1.165) is 18.2 Å². The van der Waals surface area contributed by atoms with Gasteiger partial charge in [-0.05, 0) is 24.6 Å². The van der Waals surface area contributed by atoms with Crippen molar-refractivity contribution >= 4 is 22.0 Å². The highest BCUT2D eigenvalue weighted by Gasteiger charge is 2.31. The van der Waals surface area contributed by atoms with Crippen molar-refractivity contribution in [3.05, 3.63) is 35.7 Å². The van der Waals surface area contributed by atoms with Gasteiger partial charge in [-0.25, -0.2) is 4.39 Å². The Hall–Kier alpha value is -1.04. The molecular formula is C11H9BrF4O. The molecule has 0 aliphatic rings. The molecule has 1 nitrogen and oxygen atoms in total. The SMILES string of the molecule is Fc1ccc(OC(F)(F)F)cc1C=CCCBr. The molecule has 17 heavy (non-hydrogen) atoms. The topological polar surface area (TPSA) is 9.23 Å². The third-order valence-corrected chi connectivity index (χ3v) is 2.23. The van der Waals surface area contributed by atoms with Crippen molar-refractivity contribution in [3.8, 4) is 5.75 Å². The van der Waals surface area contributed by atoms with Crippen molar-refractivity contribution in [1.29, 1.82) is 0 Å². The van der Waals surface area contributed by atoms with Crippen molar-refractivity contribution in [3.63, 3.8) is 0 Å². The average molecular weight is 313 g/mol. The molecule has 0 aliphatic carbocycles. The molecule has 94 valence electrons. The molecule has 0 fully saturated rings. The first-order valence-electron chi connectivity index (χ1n) is 4.70. The van der Waals surface area contributed by atoms with Crippen molar-refractivity contribution in [2.45, 2.75) is 12.8 Å². The summed E-state index contributed by atoms with van der Waals surface area (Å²) in [7, 11) is 0. The van der Waals surface area contributed by atoms with Gasteiger partial charge in [0, 0.05) is 10.9 Å². The van der Waals surface area contributed by atoms with E-state index in [1.54, 1.807) is 6.08 Å². The molecule has 0 saturated heterocycles. The molecule has 0 atom stereocenters. The number of hydrogen-bond donors (Lipinski definition) is 0. The van der Waals surface area contributed by atoms with E-state index in [-0.39, 0.29) is 5.56 Å². The third-order valence-electron chi connectivity index (χ3n) is 1.77. The average Bonchev–Trinajstić information content (AvgIpc) is 2.21. The molecule has 0 radical (unpaired) electrons. The van der Waals surface area contributed by atoms with Crippen LogP contribution in [0.1, 0.15) is 12.0 Å². The van der Waals surface area contributed by atoms with Crippen molar-refractivity contribution in [1.82, 2.24) is 0 Å². The lowest BCUT2D eigenvalue weighted by Crippen LogP contribution is -2.17. The minimum absolute atomic E-state index is 0.0627. The number of rotatable bonds is 4. The van der Waals surface area contributed by atoms with Gasteiger partial charge in [-0.1, -0.05) is 28.1 Å². The summed E-state index contributed by atoms with van der Waals surface area (Å²) in [6.45, 7) is 0. The van der Waals surface area contributed by atoms with Gasteiger partial charge < -0.3 is 4.74 Å². The summed E-state index contributed by atoms with van der Waals surface area (Å²) in [5.41, 5.74) is 0.0627. The zero-order valence-corrected chi connectivity index (χ0v) is 10.2. The molecule has 0 spiro atoms. The van der Waals surface area contributed by atoms with Gasteiger partial charge in [0.05, 0.1) is 0 Å². The Balaban J connectivity index is 2.86. The number of hydrogen-bond acceptors (Lipinski definition) is 1. The van der Waals surface area contributed by atoms with Crippen LogP contribution in [0.15, 0.2) is 24.3 Å². The quantitative estimate of drug-likeness (QED) is 0.586. The van der Waals surface area contributed by atoms with Crippen LogP contribution in [0.3, 0.4) is 0 Å². The van der Waals surface area contributed by atoms with Crippen molar-refractivity contribution in [2.24, 2.45) is 0 Å². The Bertz CT molecular complexity index is 401. The summed E-state index contributed by atoms with van der Waals surface area (Å²) in [6.07, 6.45) is -1.04. The molecular weight excluding hydrogens is 304 g/mol. The minimum Gasteiger partial charge on any atom is -0.406 e. The maximum atomic E-state index is 13.2. The number of ether oxygens (including phenoxy) is 1. The summed E-state index contributed by atoms with van der Waals surface area (Å²) in [5.74, 6) is -1.03.